The molecule has 0 spiro atoms. The molecule has 1 aromatic rings. The SMILES string of the molecule is CC(N)CSCCOc1ccc(Cl)cc1Cl. The molecule has 0 amide bonds. The van der Waals surface area contributed by atoms with Crippen molar-refractivity contribution in [2.24, 2.45) is 5.73 Å². The zero-order chi connectivity index (χ0) is 12.0. The average Bonchev–Trinajstić information content (AvgIpc) is 2.20. The Balaban J connectivity index is 2.27. The molecule has 2 nitrogen and oxygen atoms in total. The number of nitrogens with two attached hydrogens (primary N) is 1. The fourth-order valence-corrected chi connectivity index (χ4v) is 2.27. The van der Waals surface area contributed by atoms with Crippen LogP contribution >= 0.6 is 35.0 Å². The summed E-state index contributed by atoms with van der Waals surface area (Å²) in [5.74, 6) is 2.52. The lowest BCUT2D eigenvalue weighted by Crippen LogP contribution is -2.18. The lowest BCUT2D eigenvalue weighted by molar-refractivity contribution is 0.344. The standard InChI is InChI=1S/C11H15Cl2NOS/c1-8(14)7-16-5-4-15-11-3-2-9(12)6-10(11)13/h2-3,6,8H,4-5,7,14H2,1H3. The highest BCUT2D eigenvalue weighted by Crippen LogP contribution is 2.27. The van der Waals surface area contributed by atoms with Gasteiger partial charge in [0.1, 0.15) is 5.75 Å². The number of hydrogen-bond donors (Lipinski definition) is 1. The van der Waals surface area contributed by atoms with Gasteiger partial charge in [0.2, 0.25) is 0 Å². The molecule has 16 heavy (non-hydrogen) atoms. The van der Waals surface area contributed by atoms with Crippen molar-refractivity contribution in [3.8, 4) is 5.75 Å². The van der Waals surface area contributed by atoms with Crippen LogP contribution in [0, 0.1) is 0 Å². The highest BCUT2D eigenvalue weighted by molar-refractivity contribution is 7.99. The minimum atomic E-state index is 0.226. The van der Waals surface area contributed by atoms with Gasteiger partial charge in [-0.05, 0) is 25.1 Å². The summed E-state index contributed by atoms with van der Waals surface area (Å²) in [4.78, 5) is 0. The van der Waals surface area contributed by atoms with Crippen molar-refractivity contribution in [2.45, 2.75) is 13.0 Å². The van der Waals surface area contributed by atoms with Gasteiger partial charge >= 0.3 is 0 Å². The highest BCUT2D eigenvalue weighted by atomic mass is 35.5. The van der Waals surface area contributed by atoms with E-state index in [-0.39, 0.29) is 6.04 Å². The van der Waals surface area contributed by atoms with E-state index in [1.807, 2.05) is 6.92 Å². The molecule has 0 bridgehead atoms. The second-order valence-electron chi connectivity index (χ2n) is 3.48. The molecular weight excluding hydrogens is 265 g/mol. The van der Waals surface area contributed by atoms with Gasteiger partial charge in [-0.25, -0.2) is 0 Å². The Kier molecular flexibility index (Phi) is 6.36. The molecule has 0 aliphatic heterocycles. The van der Waals surface area contributed by atoms with Gasteiger partial charge < -0.3 is 10.5 Å². The Labute approximate surface area is 110 Å². The molecule has 1 aromatic carbocycles. The van der Waals surface area contributed by atoms with Crippen molar-refractivity contribution in [1.29, 1.82) is 0 Å². The van der Waals surface area contributed by atoms with E-state index in [2.05, 4.69) is 0 Å². The van der Waals surface area contributed by atoms with E-state index in [0.29, 0.717) is 22.4 Å². The van der Waals surface area contributed by atoms with Crippen molar-refractivity contribution in [3.63, 3.8) is 0 Å². The Hall–Kier alpha value is -0.0900. The lowest BCUT2D eigenvalue weighted by atomic mass is 10.3. The third-order valence-electron chi connectivity index (χ3n) is 1.76. The molecule has 0 fully saturated rings. The van der Waals surface area contributed by atoms with Gasteiger partial charge in [-0.1, -0.05) is 23.2 Å². The summed E-state index contributed by atoms with van der Waals surface area (Å²) in [6.45, 7) is 2.61. The van der Waals surface area contributed by atoms with Crippen molar-refractivity contribution in [1.82, 2.24) is 0 Å². The molecule has 0 saturated carbocycles. The van der Waals surface area contributed by atoms with Crippen LogP contribution in [0.1, 0.15) is 6.92 Å². The Morgan fingerprint density at radius 1 is 1.44 bits per heavy atom. The quantitative estimate of drug-likeness (QED) is 0.811. The van der Waals surface area contributed by atoms with Gasteiger partial charge in [0.25, 0.3) is 0 Å². The molecule has 2 N–H and O–H groups in total. The Bertz CT molecular complexity index is 334. The smallest absolute Gasteiger partial charge is 0.138 e. The summed E-state index contributed by atoms with van der Waals surface area (Å²) in [5, 5.41) is 1.16. The lowest BCUT2D eigenvalue weighted by Gasteiger charge is -2.08. The summed E-state index contributed by atoms with van der Waals surface area (Å²) in [6.07, 6.45) is 0. The van der Waals surface area contributed by atoms with Crippen molar-refractivity contribution < 1.29 is 4.74 Å². The summed E-state index contributed by atoms with van der Waals surface area (Å²) in [7, 11) is 0. The first-order valence-corrected chi connectivity index (χ1v) is 6.92. The molecule has 0 saturated heterocycles. The third kappa shape index (κ3) is 5.30. The maximum atomic E-state index is 5.96. The number of benzene rings is 1. The van der Waals surface area contributed by atoms with Crippen molar-refractivity contribution >= 4 is 35.0 Å². The minimum Gasteiger partial charge on any atom is -0.491 e. The molecule has 1 unspecified atom stereocenters. The Morgan fingerprint density at radius 2 is 2.19 bits per heavy atom. The molecule has 1 rings (SSSR count). The van der Waals surface area contributed by atoms with E-state index < -0.39 is 0 Å². The fourth-order valence-electron chi connectivity index (χ4n) is 1.07. The highest BCUT2D eigenvalue weighted by Gasteiger charge is 2.02. The van der Waals surface area contributed by atoms with E-state index in [1.54, 1.807) is 30.0 Å². The maximum absolute atomic E-state index is 5.96. The maximum Gasteiger partial charge on any atom is 0.138 e. The molecule has 0 radical (unpaired) electrons. The normalized spacial score (nSPS) is 12.5. The largest absolute Gasteiger partial charge is 0.491 e. The van der Waals surface area contributed by atoms with Crippen LogP contribution in [0.5, 0.6) is 5.75 Å². The van der Waals surface area contributed by atoms with Gasteiger partial charge in [0.15, 0.2) is 0 Å². The summed E-state index contributed by atoms with van der Waals surface area (Å²) < 4.78 is 5.52. The van der Waals surface area contributed by atoms with Gasteiger partial charge in [0.05, 0.1) is 11.6 Å². The number of ether oxygens (including phenoxy) is 1. The molecule has 0 aromatic heterocycles. The van der Waals surface area contributed by atoms with Gasteiger partial charge in [-0.2, -0.15) is 11.8 Å². The van der Waals surface area contributed by atoms with Crippen LogP contribution in [0.15, 0.2) is 18.2 Å². The molecule has 0 aliphatic rings. The molecular formula is C11H15Cl2NOS. The number of halogens is 2. The zero-order valence-corrected chi connectivity index (χ0v) is 11.4. The van der Waals surface area contributed by atoms with Crippen LogP contribution in [-0.2, 0) is 0 Å². The van der Waals surface area contributed by atoms with Crippen LogP contribution in [0.4, 0.5) is 0 Å². The molecule has 1 atom stereocenters. The predicted molar refractivity (Wildman–Crippen MR) is 72.9 cm³/mol. The second kappa shape index (κ2) is 7.28. The first-order valence-electron chi connectivity index (χ1n) is 5.01. The van der Waals surface area contributed by atoms with E-state index in [1.165, 1.54) is 0 Å². The fraction of sp³-hybridized carbons (Fsp3) is 0.455. The van der Waals surface area contributed by atoms with Gasteiger partial charge in [0, 0.05) is 22.6 Å². The summed E-state index contributed by atoms with van der Waals surface area (Å²) >= 11 is 13.5. The number of thioether (sulfide) groups is 1. The molecule has 0 heterocycles. The molecule has 90 valence electrons. The van der Waals surface area contributed by atoms with Crippen LogP contribution < -0.4 is 10.5 Å². The molecule has 5 heteroatoms. The average molecular weight is 280 g/mol. The predicted octanol–water partition coefficient (Wildman–Crippen LogP) is 3.45. The van der Waals surface area contributed by atoms with E-state index in [0.717, 1.165) is 11.5 Å². The van der Waals surface area contributed by atoms with E-state index in [4.69, 9.17) is 33.7 Å². The van der Waals surface area contributed by atoms with Crippen LogP contribution in [0.3, 0.4) is 0 Å². The first kappa shape index (κ1) is 14.0. The summed E-state index contributed by atoms with van der Waals surface area (Å²) in [6, 6.07) is 5.44. The Morgan fingerprint density at radius 3 is 2.81 bits per heavy atom. The van der Waals surface area contributed by atoms with E-state index >= 15 is 0 Å². The topological polar surface area (TPSA) is 35.2 Å². The van der Waals surface area contributed by atoms with Crippen LogP contribution in [0.25, 0.3) is 0 Å². The number of rotatable bonds is 6. The van der Waals surface area contributed by atoms with Crippen LogP contribution in [0.2, 0.25) is 10.0 Å². The van der Waals surface area contributed by atoms with Crippen LogP contribution in [-0.4, -0.2) is 24.2 Å². The minimum absolute atomic E-state index is 0.226. The van der Waals surface area contributed by atoms with Crippen molar-refractivity contribution in [3.05, 3.63) is 28.2 Å². The van der Waals surface area contributed by atoms with Gasteiger partial charge in [-0.3, -0.25) is 0 Å². The first-order chi connectivity index (χ1) is 7.59. The van der Waals surface area contributed by atoms with Gasteiger partial charge in [-0.15, -0.1) is 0 Å². The number of hydrogen-bond acceptors (Lipinski definition) is 3. The third-order valence-corrected chi connectivity index (χ3v) is 3.51. The van der Waals surface area contributed by atoms with E-state index in [9.17, 15) is 0 Å². The second-order valence-corrected chi connectivity index (χ2v) is 5.47. The molecule has 0 aliphatic carbocycles. The van der Waals surface area contributed by atoms with Crippen molar-refractivity contribution in [2.75, 3.05) is 18.1 Å². The zero-order valence-electron chi connectivity index (χ0n) is 9.08. The summed E-state index contributed by atoms with van der Waals surface area (Å²) in [5.41, 5.74) is 5.63. The monoisotopic (exact) mass is 279 g/mol.